The summed E-state index contributed by atoms with van der Waals surface area (Å²) >= 11 is 1.10. The Hall–Kier alpha value is -1.77. The zero-order valence-corrected chi connectivity index (χ0v) is 16.1. The average molecular weight is 388 g/mol. The minimum atomic E-state index is -4.44. The molecule has 2 rings (SSSR count). The number of fused-ring (bicyclic) bond motifs is 1. The van der Waals surface area contributed by atoms with Gasteiger partial charge in [-0.15, -0.1) is 10.2 Å². The van der Waals surface area contributed by atoms with Gasteiger partial charge in [0.1, 0.15) is 0 Å². The number of halogens is 3. The number of rotatable bonds is 7. The van der Waals surface area contributed by atoms with Crippen molar-refractivity contribution in [1.29, 1.82) is 0 Å². The second-order valence-corrected chi connectivity index (χ2v) is 7.94. The molecule has 0 atom stereocenters. The van der Waals surface area contributed by atoms with Crippen LogP contribution in [-0.2, 0) is 11.0 Å². The van der Waals surface area contributed by atoms with Crippen molar-refractivity contribution in [1.82, 2.24) is 19.5 Å². The molecule has 0 saturated heterocycles. The van der Waals surface area contributed by atoms with Crippen LogP contribution < -0.4 is 0 Å². The molecule has 5 nitrogen and oxygen atoms in total. The third kappa shape index (κ3) is 5.36. The molecular formula is C17H23F3N4OS. The first-order valence-corrected chi connectivity index (χ1v) is 9.39. The smallest absolute Gasteiger partial charge is 0.341 e. The third-order valence-corrected chi connectivity index (χ3v) is 4.47. The predicted molar refractivity (Wildman–Crippen MR) is 95.0 cm³/mol. The van der Waals surface area contributed by atoms with Gasteiger partial charge in [-0.25, -0.2) is 0 Å². The number of carbonyl (C=O) groups excluding carboxylic acids is 1. The van der Waals surface area contributed by atoms with Crippen molar-refractivity contribution < 1.29 is 18.0 Å². The second kappa shape index (κ2) is 8.28. The van der Waals surface area contributed by atoms with Crippen LogP contribution >= 0.6 is 11.8 Å². The number of nitrogens with zero attached hydrogens (tertiary/aromatic N) is 4. The maximum atomic E-state index is 12.9. The normalized spacial score (nSPS) is 12.3. The number of carbonyl (C=O) groups is 1. The summed E-state index contributed by atoms with van der Waals surface area (Å²) in [6.45, 7) is 9.46. The highest BCUT2D eigenvalue weighted by molar-refractivity contribution is 7.99. The molecule has 0 aliphatic carbocycles. The van der Waals surface area contributed by atoms with E-state index in [1.54, 1.807) is 4.90 Å². The first-order chi connectivity index (χ1) is 12.1. The average Bonchev–Trinajstić information content (AvgIpc) is 2.92. The zero-order chi connectivity index (χ0) is 19.5. The highest BCUT2D eigenvalue weighted by atomic mass is 32.2. The zero-order valence-electron chi connectivity index (χ0n) is 15.2. The maximum Gasteiger partial charge on any atom is 0.417 e. The molecule has 0 unspecified atom stereocenters. The molecule has 0 fully saturated rings. The Morgan fingerprint density at radius 1 is 1.15 bits per heavy atom. The molecule has 0 aliphatic heterocycles. The van der Waals surface area contributed by atoms with Crippen molar-refractivity contribution in [2.24, 2.45) is 11.8 Å². The summed E-state index contributed by atoms with van der Waals surface area (Å²) in [5, 5.41) is 8.04. The van der Waals surface area contributed by atoms with Crippen molar-refractivity contribution in [2.45, 2.75) is 39.0 Å². The fraction of sp³-hybridized carbons (Fsp3) is 0.588. The molecule has 26 heavy (non-hydrogen) atoms. The molecule has 9 heteroatoms. The highest BCUT2D eigenvalue weighted by Gasteiger charge is 2.31. The Morgan fingerprint density at radius 3 is 2.31 bits per heavy atom. The maximum absolute atomic E-state index is 12.9. The molecule has 0 saturated carbocycles. The largest absolute Gasteiger partial charge is 0.417 e. The van der Waals surface area contributed by atoms with Gasteiger partial charge in [-0.3, -0.25) is 9.20 Å². The predicted octanol–water partition coefficient (Wildman–Crippen LogP) is 3.98. The minimum absolute atomic E-state index is 0.0545. The SMILES string of the molecule is CC(C)CN(CC(C)C)C(=O)CSc1nnc2ccc(C(F)(F)F)cn12. The quantitative estimate of drug-likeness (QED) is 0.673. The van der Waals surface area contributed by atoms with Crippen LogP contribution in [0.1, 0.15) is 33.3 Å². The summed E-state index contributed by atoms with van der Waals surface area (Å²) < 4.78 is 40.0. The van der Waals surface area contributed by atoms with E-state index in [0.717, 1.165) is 24.0 Å². The van der Waals surface area contributed by atoms with Gasteiger partial charge in [-0.05, 0) is 24.0 Å². The summed E-state index contributed by atoms with van der Waals surface area (Å²) in [6, 6.07) is 2.24. The van der Waals surface area contributed by atoms with E-state index in [2.05, 4.69) is 10.2 Å². The van der Waals surface area contributed by atoms with E-state index in [-0.39, 0.29) is 16.8 Å². The lowest BCUT2D eigenvalue weighted by molar-refractivity contribution is -0.138. The summed E-state index contributed by atoms with van der Waals surface area (Å²) in [7, 11) is 0. The first-order valence-electron chi connectivity index (χ1n) is 8.40. The van der Waals surface area contributed by atoms with Crippen molar-refractivity contribution in [3.8, 4) is 0 Å². The van der Waals surface area contributed by atoms with E-state index in [9.17, 15) is 18.0 Å². The van der Waals surface area contributed by atoms with Crippen LogP contribution in [0.3, 0.4) is 0 Å². The molecule has 1 amide bonds. The molecule has 0 aromatic carbocycles. The van der Waals surface area contributed by atoms with E-state index < -0.39 is 11.7 Å². The Kier molecular flexibility index (Phi) is 6.54. The molecule has 2 aromatic heterocycles. The van der Waals surface area contributed by atoms with Crippen LogP contribution in [0, 0.1) is 11.8 Å². The topological polar surface area (TPSA) is 50.5 Å². The summed E-state index contributed by atoms with van der Waals surface area (Å²) in [4.78, 5) is 14.3. The summed E-state index contributed by atoms with van der Waals surface area (Å²) in [5.41, 5.74) is -0.464. The fourth-order valence-electron chi connectivity index (χ4n) is 2.51. The summed E-state index contributed by atoms with van der Waals surface area (Å²) in [6.07, 6.45) is -3.48. The molecule has 2 heterocycles. The lowest BCUT2D eigenvalue weighted by Gasteiger charge is -2.26. The molecule has 144 valence electrons. The van der Waals surface area contributed by atoms with Crippen LogP contribution in [-0.4, -0.2) is 44.2 Å². The van der Waals surface area contributed by atoms with Gasteiger partial charge in [-0.1, -0.05) is 39.5 Å². The number of hydrogen-bond donors (Lipinski definition) is 0. The van der Waals surface area contributed by atoms with Crippen LogP contribution in [0.4, 0.5) is 13.2 Å². The Bertz CT molecular complexity index is 748. The number of aromatic nitrogens is 3. The first kappa shape index (κ1) is 20.5. The van der Waals surface area contributed by atoms with Gasteiger partial charge in [0.15, 0.2) is 10.8 Å². The summed E-state index contributed by atoms with van der Waals surface area (Å²) in [5.74, 6) is 0.731. The van der Waals surface area contributed by atoms with E-state index in [1.165, 1.54) is 10.5 Å². The van der Waals surface area contributed by atoms with Gasteiger partial charge in [0.05, 0.1) is 11.3 Å². The van der Waals surface area contributed by atoms with Crippen LogP contribution in [0.15, 0.2) is 23.5 Å². The van der Waals surface area contributed by atoms with E-state index in [1.807, 2.05) is 27.7 Å². The molecule has 0 bridgehead atoms. The van der Waals surface area contributed by atoms with Crippen LogP contribution in [0.25, 0.3) is 5.65 Å². The van der Waals surface area contributed by atoms with Crippen molar-refractivity contribution in [2.75, 3.05) is 18.8 Å². The lowest BCUT2D eigenvalue weighted by atomic mass is 10.1. The molecule has 0 radical (unpaired) electrons. The standard InChI is InChI=1S/C17H23F3N4OS/c1-11(2)7-23(8-12(3)4)15(25)10-26-16-22-21-14-6-5-13(9-24(14)16)17(18,19)20/h5-6,9,11-12H,7-8,10H2,1-4H3. The molecule has 0 N–H and O–H groups in total. The van der Waals surface area contributed by atoms with Crippen molar-refractivity contribution in [3.05, 3.63) is 23.9 Å². The van der Waals surface area contributed by atoms with Crippen LogP contribution in [0.2, 0.25) is 0 Å². The fourth-order valence-corrected chi connectivity index (χ4v) is 3.33. The molecular weight excluding hydrogens is 365 g/mol. The highest BCUT2D eigenvalue weighted by Crippen LogP contribution is 2.30. The van der Waals surface area contributed by atoms with Crippen molar-refractivity contribution >= 4 is 23.3 Å². The number of hydrogen-bond acceptors (Lipinski definition) is 4. The second-order valence-electron chi connectivity index (χ2n) is 7.00. The molecule has 2 aromatic rings. The minimum Gasteiger partial charge on any atom is -0.341 e. The Balaban J connectivity index is 2.13. The number of thioether (sulfide) groups is 1. The van der Waals surface area contributed by atoms with Gasteiger partial charge in [0.2, 0.25) is 5.91 Å². The van der Waals surface area contributed by atoms with Gasteiger partial charge in [-0.2, -0.15) is 13.2 Å². The van der Waals surface area contributed by atoms with Crippen LogP contribution in [0.5, 0.6) is 0 Å². The van der Waals surface area contributed by atoms with E-state index in [0.29, 0.717) is 30.6 Å². The third-order valence-electron chi connectivity index (χ3n) is 3.55. The Morgan fingerprint density at radius 2 is 1.77 bits per heavy atom. The van der Waals surface area contributed by atoms with Gasteiger partial charge in [0, 0.05) is 19.3 Å². The van der Waals surface area contributed by atoms with Gasteiger partial charge >= 0.3 is 6.18 Å². The van der Waals surface area contributed by atoms with Gasteiger partial charge in [0.25, 0.3) is 0 Å². The van der Waals surface area contributed by atoms with Gasteiger partial charge < -0.3 is 4.90 Å². The Labute approximate surface area is 155 Å². The number of alkyl halides is 3. The number of pyridine rings is 1. The monoisotopic (exact) mass is 388 g/mol. The van der Waals surface area contributed by atoms with E-state index >= 15 is 0 Å². The molecule has 0 aliphatic rings. The number of amides is 1. The van der Waals surface area contributed by atoms with Crippen molar-refractivity contribution in [3.63, 3.8) is 0 Å². The van der Waals surface area contributed by atoms with E-state index in [4.69, 9.17) is 0 Å². The molecule has 0 spiro atoms. The lowest BCUT2D eigenvalue weighted by Crippen LogP contribution is -2.38.